The van der Waals surface area contributed by atoms with Gasteiger partial charge in [0.15, 0.2) is 0 Å². The molecule has 122 valence electrons. The van der Waals surface area contributed by atoms with E-state index in [-0.39, 0.29) is 11.2 Å². The Kier molecular flexibility index (Phi) is 7.46. The first-order chi connectivity index (χ1) is 11.2. The minimum absolute atomic E-state index is 0.0157. The molecule has 0 fully saturated rings. The highest BCUT2D eigenvalue weighted by atomic mass is 35.5. The van der Waals surface area contributed by atoms with Gasteiger partial charge in [0.05, 0.1) is 17.6 Å². The first-order valence-electron chi connectivity index (χ1n) is 7.38. The highest BCUT2D eigenvalue weighted by Crippen LogP contribution is 2.35. The molecule has 1 amide bonds. The van der Waals surface area contributed by atoms with Crippen LogP contribution in [0.3, 0.4) is 0 Å². The van der Waals surface area contributed by atoms with Gasteiger partial charge in [-0.15, -0.1) is 11.8 Å². The van der Waals surface area contributed by atoms with Crippen LogP contribution in [0.25, 0.3) is 0 Å². The first kappa shape index (κ1) is 17.9. The molecule has 0 aliphatic carbocycles. The summed E-state index contributed by atoms with van der Waals surface area (Å²) in [5.74, 6) is 0.410. The lowest BCUT2D eigenvalue weighted by Crippen LogP contribution is -2.28. The summed E-state index contributed by atoms with van der Waals surface area (Å²) in [4.78, 5) is 11.9. The molecule has 1 unspecified atom stereocenters. The SMILES string of the molecule is COCCNC(=O)CSC(c1ccccc1)c1ccc(Cl)cc1. The number of amides is 1. The van der Waals surface area contributed by atoms with Crippen LogP contribution < -0.4 is 5.32 Å². The number of carbonyl (C=O) groups is 1. The molecule has 0 aliphatic heterocycles. The molecule has 2 aromatic rings. The van der Waals surface area contributed by atoms with Crippen molar-refractivity contribution in [1.29, 1.82) is 0 Å². The number of thioether (sulfide) groups is 1. The number of ether oxygens (including phenoxy) is 1. The summed E-state index contributed by atoms with van der Waals surface area (Å²) in [6.07, 6.45) is 0. The fourth-order valence-corrected chi connectivity index (χ4v) is 3.40. The van der Waals surface area contributed by atoms with Crippen molar-refractivity contribution in [2.75, 3.05) is 26.0 Å². The zero-order chi connectivity index (χ0) is 16.5. The van der Waals surface area contributed by atoms with Crippen molar-refractivity contribution in [2.45, 2.75) is 5.25 Å². The summed E-state index contributed by atoms with van der Waals surface area (Å²) in [5.41, 5.74) is 2.31. The molecule has 0 bridgehead atoms. The van der Waals surface area contributed by atoms with Crippen molar-refractivity contribution in [2.24, 2.45) is 0 Å². The maximum atomic E-state index is 11.9. The van der Waals surface area contributed by atoms with E-state index in [1.165, 1.54) is 5.56 Å². The molecule has 0 aliphatic rings. The molecule has 0 saturated carbocycles. The van der Waals surface area contributed by atoms with E-state index in [9.17, 15) is 4.79 Å². The van der Waals surface area contributed by atoms with E-state index in [1.54, 1.807) is 18.9 Å². The van der Waals surface area contributed by atoms with Gasteiger partial charge in [-0.3, -0.25) is 4.79 Å². The first-order valence-corrected chi connectivity index (χ1v) is 8.81. The van der Waals surface area contributed by atoms with E-state index < -0.39 is 0 Å². The number of methoxy groups -OCH3 is 1. The van der Waals surface area contributed by atoms with Crippen LogP contribution in [0.15, 0.2) is 54.6 Å². The molecule has 5 heteroatoms. The van der Waals surface area contributed by atoms with Gasteiger partial charge in [0.2, 0.25) is 5.91 Å². The van der Waals surface area contributed by atoms with Crippen LogP contribution in [0, 0.1) is 0 Å². The second-order valence-corrected chi connectivity index (χ2v) is 6.53. The van der Waals surface area contributed by atoms with Crippen LogP contribution in [-0.2, 0) is 9.53 Å². The number of hydrogen-bond acceptors (Lipinski definition) is 3. The van der Waals surface area contributed by atoms with Crippen molar-refractivity contribution >= 4 is 29.3 Å². The van der Waals surface area contributed by atoms with Gasteiger partial charge in [0, 0.05) is 18.7 Å². The van der Waals surface area contributed by atoms with E-state index in [0.29, 0.717) is 23.9 Å². The third-order valence-corrected chi connectivity index (χ3v) is 4.84. The Morgan fingerprint density at radius 1 is 1.13 bits per heavy atom. The Hall–Kier alpha value is -1.49. The Bertz CT molecular complexity index is 604. The van der Waals surface area contributed by atoms with Gasteiger partial charge >= 0.3 is 0 Å². The standard InChI is InChI=1S/C18H20ClNO2S/c1-22-12-11-20-17(21)13-23-18(14-5-3-2-4-6-14)15-7-9-16(19)10-8-15/h2-10,18H,11-13H2,1H3,(H,20,21). The topological polar surface area (TPSA) is 38.3 Å². The minimum Gasteiger partial charge on any atom is -0.383 e. The highest BCUT2D eigenvalue weighted by Gasteiger charge is 2.16. The molecular weight excluding hydrogens is 330 g/mol. The zero-order valence-corrected chi connectivity index (χ0v) is 14.6. The number of hydrogen-bond donors (Lipinski definition) is 1. The normalized spacial score (nSPS) is 11.9. The largest absolute Gasteiger partial charge is 0.383 e. The Balaban J connectivity index is 2.06. The minimum atomic E-state index is 0.0157. The second kappa shape index (κ2) is 9.60. The quantitative estimate of drug-likeness (QED) is 0.734. The molecule has 0 spiro atoms. The van der Waals surface area contributed by atoms with Gasteiger partial charge in [-0.25, -0.2) is 0 Å². The Morgan fingerprint density at radius 3 is 2.43 bits per heavy atom. The van der Waals surface area contributed by atoms with Gasteiger partial charge in [-0.1, -0.05) is 54.1 Å². The summed E-state index contributed by atoms with van der Waals surface area (Å²) < 4.78 is 4.93. The summed E-state index contributed by atoms with van der Waals surface area (Å²) >= 11 is 7.58. The molecular formula is C18H20ClNO2S. The van der Waals surface area contributed by atoms with Crippen LogP contribution in [0.1, 0.15) is 16.4 Å². The monoisotopic (exact) mass is 349 g/mol. The highest BCUT2D eigenvalue weighted by molar-refractivity contribution is 8.00. The lowest BCUT2D eigenvalue weighted by Gasteiger charge is -2.17. The summed E-state index contributed by atoms with van der Waals surface area (Å²) in [6, 6.07) is 18.0. The van der Waals surface area contributed by atoms with Gasteiger partial charge in [-0.05, 0) is 23.3 Å². The maximum absolute atomic E-state index is 11.9. The summed E-state index contributed by atoms with van der Waals surface area (Å²) in [5, 5.41) is 3.65. The Morgan fingerprint density at radius 2 is 1.78 bits per heavy atom. The van der Waals surface area contributed by atoms with E-state index in [0.717, 1.165) is 5.56 Å². The van der Waals surface area contributed by atoms with Crippen LogP contribution in [-0.4, -0.2) is 31.9 Å². The van der Waals surface area contributed by atoms with Gasteiger partial charge in [0.25, 0.3) is 0 Å². The smallest absolute Gasteiger partial charge is 0.230 e. The van der Waals surface area contributed by atoms with Crippen LogP contribution in [0.2, 0.25) is 5.02 Å². The molecule has 23 heavy (non-hydrogen) atoms. The molecule has 1 atom stereocenters. The van der Waals surface area contributed by atoms with E-state index in [1.807, 2.05) is 42.5 Å². The predicted molar refractivity (Wildman–Crippen MR) is 97.1 cm³/mol. The molecule has 3 nitrogen and oxygen atoms in total. The van der Waals surface area contributed by atoms with Crippen LogP contribution in [0.5, 0.6) is 0 Å². The maximum Gasteiger partial charge on any atom is 0.230 e. The molecule has 0 heterocycles. The average Bonchev–Trinajstić information content (AvgIpc) is 2.58. The fraction of sp³-hybridized carbons (Fsp3) is 0.278. The third kappa shape index (κ3) is 5.90. The van der Waals surface area contributed by atoms with Gasteiger partial charge in [-0.2, -0.15) is 0 Å². The molecule has 2 aromatic carbocycles. The van der Waals surface area contributed by atoms with Crippen molar-refractivity contribution < 1.29 is 9.53 Å². The van der Waals surface area contributed by atoms with E-state index in [4.69, 9.17) is 16.3 Å². The van der Waals surface area contributed by atoms with Gasteiger partial charge in [0.1, 0.15) is 0 Å². The molecule has 0 saturated heterocycles. The molecule has 1 N–H and O–H groups in total. The third-order valence-electron chi connectivity index (χ3n) is 3.28. The second-order valence-electron chi connectivity index (χ2n) is 5.00. The van der Waals surface area contributed by atoms with Crippen molar-refractivity contribution in [3.8, 4) is 0 Å². The Labute approximate surface area is 146 Å². The van der Waals surface area contributed by atoms with E-state index >= 15 is 0 Å². The van der Waals surface area contributed by atoms with Crippen molar-refractivity contribution in [3.63, 3.8) is 0 Å². The van der Waals surface area contributed by atoms with Crippen molar-refractivity contribution in [3.05, 3.63) is 70.7 Å². The predicted octanol–water partition coefficient (Wildman–Crippen LogP) is 3.93. The van der Waals surface area contributed by atoms with Crippen LogP contribution in [0.4, 0.5) is 0 Å². The van der Waals surface area contributed by atoms with Crippen molar-refractivity contribution in [1.82, 2.24) is 5.32 Å². The van der Waals surface area contributed by atoms with Crippen LogP contribution >= 0.6 is 23.4 Å². The van der Waals surface area contributed by atoms with Gasteiger partial charge < -0.3 is 10.1 Å². The molecule has 0 aromatic heterocycles. The number of nitrogens with one attached hydrogen (secondary N) is 1. The number of carbonyl (C=O) groups excluding carboxylic acids is 1. The summed E-state index contributed by atoms with van der Waals surface area (Å²) in [7, 11) is 1.62. The lowest BCUT2D eigenvalue weighted by atomic mass is 10.0. The number of halogens is 1. The lowest BCUT2D eigenvalue weighted by molar-refractivity contribution is -0.118. The van der Waals surface area contributed by atoms with E-state index in [2.05, 4.69) is 17.4 Å². The fourth-order valence-electron chi connectivity index (χ4n) is 2.15. The average molecular weight is 350 g/mol. The number of benzene rings is 2. The zero-order valence-electron chi connectivity index (χ0n) is 13.0. The summed E-state index contributed by atoms with van der Waals surface area (Å²) in [6.45, 7) is 1.06. The molecule has 0 radical (unpaired) electrons. The number of rotatable bonds is 8. The molecule has 2 rings (SSSR count).